The highest BCUT2D eigenvalue weighted by Crippen LogP contribution is 2.11. The zero-order valence-corrected chi connectivity index (χ0v) is 15.8. The number of aromatic nitrogens is 3. The van der Waals surface area contributed by atoms with E-state index >= 15 is 0 Å². The van der Waals surface area contributed by atoms with E-state index in [0.717, 1.165) is 55.7 Å². The van der Waals surface area contributed by atoms with Gasteiger partial charge in [0.15, 0.2) is 5.82 Å². The molecule has 6 nitrogen and oxygen atoms in total. The first-order chi connectivity index (χ1) is 12.6. The minimum absolute atomic E-state index is 0.0146. The van der Waals surface area contributed by atoms with Crippen molar-refractivity contribution < 1.29 is 4.79 Å². The predicted octanol–water partition coefficient (Wildman–Crippen LogP) is 2.04. The number of carbonyl (C=O) groups is 1. The molecule has 1 aliphatic heterocycles. The predicted molar refractivity (Wildman–Crippen MR) is 102 cm³/mol. The Morgan fingerprint density at radius 3 is 2.73 bits per heavy atom. The SMILES string of the molecule is CC(C)CCN1CCc2nnc(CNC(=O)Cc3ccccc3)n2CC1. The smallest absolute Gasteiger partial charge is 0.224 e. The highest BCUT2D eigenvalue weighted by molar-refractivity contribution is 5.78. The van der Waals surface area contributed by atoms with Crippen molar-refractivity contribution in [3.8, 4) is 0 Å². The maximum absolute atomic E-state index is 12.2. The molecule has 3 rings (SSSR count). The third kappa shape index (κ3) is 5.14. The molecule has 1 N–H and O–H groups in total. The average molecular weight is 355 g/mol. The van der Waals surface area contributed by atoms with Gasteiger partial charge in [0.1, 0.15) is 5.82 Å². The second-order valence-electron chi connectivity index (χ2n) is 7.40. The summed E-state index contributed by atoms with van der Waals surface area (Å²) in [7, 11) is 0. The second-order valence-corrected chi connectivity index (χ2v) is 7.40. The number of nitrogens with zero attached hydrogens (tertiary/aromatic N) is 4. The fourth-order valence-electron chi connectivity index (χ4n) is 3.24. The lowest BCUT2D eigenvalue weighted by molar-refractivity contribution is -0.120. The normalized spacial score (nSPS) is 14.9. The van der Waals surface area contributed by atoms with Gasteiger partial charge in [0.05, 0.1) is 13.0 Å². The molecule has 0 saturated heterocycles. The van der Waals surface area contributed by atoms with Crippen LogP contribution in [0.15, 0.2) is 30.3 Å². The average Bonchev–Trinajstić information content (AvgIpc) is 2.90. The van der Waals surface area contributed by atoms with Crippen LogP contribution in [0.1, 0.15) is 37.5 Å². The van der Waals surface area contributed by atoms with Crippen molar-refractivity contribution >= 4 is 5.91 Å². The number of hydrogen-bond acceptors (Lipinski definition) is 4. The van der Waals surface area contributed by atoms with E-state index in [4.69, 9.17) is 0 Å². The maximum Gasteiger partial charge on any atom is 0.224 e. The summed E-state index contributed by atoms with van der Waals surface area (Å²) in [5.74, 6) is 2.63. The fraction of sp³-hybridized carbons (Fsp3) is 0.550. The second kappa shape index (κ2) is 8.94. The van der Waals surface area contributed by atoms with E-state index in [1.165, 1.54) is 6.42 Å². The molecule has 0 fully saturated rings. The molecule has 1 aromatic carbocycles. The van der Waals surface area contributed by atoms with Gasteiger partial charge in [-0.2, -0.15) is 0 Å². The maximum atomic E-state index is 12.2. The summed E-state index contributed by atoms with van der Waals surface area (Å²) < 4.78 is 2.18. The van der Waals surface area contributed by atoms with Crippen LogP contribution in [-0.4, -0.2) is 45.2 Å². The third-order valence-corrected chi connectivity index (χ3v) is 4.87. The van der Waals surface area contributed by atoms with Crippen molar-refractivity contribution in [2.75, 3.05) is 19.6 Å². The molecule has 0 unspecified atom stereocenters. The summed E-state index contributed by atoms with van der Waals surface area (Å²) in [6.45, 7) is 9.05. The Bertz CT molecular complexity index is 710. The Hall–Kier alpha value is -2.21. The van der Waals surface area contributed by atoms with Crippen LogP contribution in [0, 0.1) is 5.92 Å². The van der Waals surface area contributed by atoms with Crippen LogP contribution in [0.3, 0.4) is 0 Å². The van der Waals surface area contributed by atoms with E-state index in [0.29, 0.717) is 13.0 Å². The largest absolute Gasteiger partial charge is 0.349 e. The number of fused-ring (bicyclic) bond motifs is 1. The quantitative estimate of drug-likeness (QED) is 0.826. The molecule has 0 bridgehead atoms. The topological polar surface area (TPSA) is 63.1 Å². The molecular weight excluding hydrogens is 326 g/mol. The van der Waals surface area contributed by atoms with Crippen molar-refractivity contribution in [1.29, 1.82) is 0 Å². The summed E-state index contributed by atoms with van der Waals surface area (Å²) in [5, 5.41) is 11.6. The Morgan fingerprint density at radius 1 is 1.15 bits per heavy atom. The Morgan fingerprint density at radius 2 is 1.96 bits per heavy atom. The summed E-state index contributed by atoms with van der Waals surface area (Å²) in [6, 6.07) is 9.79. The van der Waals surface area contributed by atoms with Crippen LogP contribution >= 0.6 is 0 Å². The Kier molecular flexibility index (Phi) is 6.39. The zero-order chi connectivity index (χ0) is 18.4. The molecule has 0 spiro atoms. The molecule has 140 valence electrons. The van der Waals surface area contributed by atoms with Crippen LogP contribution in [0.25, 0.3) is 0 Å². The summed E-state index contributed by atoms with van der Waals surface area (Å²) >= 11 is 0. The summed E-state index contributed by atoms with van der Waals surface area (Å²) in [4.78, 5) is 14.7. The molecule has 0 atom stereocenters. The molecule has 1 aliphatic rings. The van der Waals surface area contributed by atoms with Gasteiger partial charge in [0.2, 0.25) is 5.91 Å². The minimum atomic E-state index is 0.0146. The molecular formula is C20H29N5O. The molecule has 0 radical (unpaired) electrons. The van der Waals surface area contributed by atoms with Gasteiger partial charge in [-0.05, 0) is 24.4 Å². The lowest BCUT2D eigenvalue weighted by Crippen LogP contribution is -2.29. The number of hydrogen-bond donors (Lipinski definition) is 1. The number of nitrogens with one attached hydrogen (secondary N) is 1. The lowest BCUT2D eigenvalue weighted by atomic mass is 10.1. The van der Waals surface area contributed by atoms with E-state index in [1.807, 2.05) is 30.3 Å². The van der Waals surface area contributed by atoms with Crippen LogP contribution in [0.4, 0.5) is 0 Å². The first kappa shape index (κ1) is 18.6. The van der Waals surface area contributed by atoms with Crippen molar-refractivity contribution in [2.45, 2.75) is 46.2 Å². The Labute approximate surface area is 155 Å². The first-order valence-electron chi connectivity index (χ1n) is 9.55. The summed E-state index contributed by atoms with van der Waals surface area (Å²) in [5.41, 5.74) is 1.02. The van der Waals surface area contributed by atoms with Gasteiger partial charge in [0, 0.05) is 26.1 Å². The van der Waals surface area contributed by atoms with Crippen molar-refractivity contribution in [3.63, 3.8) is 0 Å². The van der Waals surface area contributed by atoms with E-state index in [2.05, 4.69) is 38.8 Å². The van der Waals surface area contributed by atoms with E-state index < -0.39 is 0 Å². The van der Waals surface area contributed by atoms with E-state index in [9.17, 15) is 4.79 Å². The number of amides is 1. The van der Waals surface area contributed by atoms with Crippen LogP contribution in [0.5, 0.6) is 0 Å². The monoisotopic (exact) mass is 355 g/mol. The van der Waals surface area contributed by atoms with Gasteiger partial charge >= 0.3 is 0 Å². The van der Waals surface area contributed by atoms with Gasteiger partial charge in [-0.25, -0.2) is 0 Å². The molecule has 1 aromatic heterocycles. The van der Waals surface area contributed by atoms with Crippen LogP contribution < -0.4 is 5.32 Å². The van der Waals surface area contributed by atoms with Gasteiger partial charge in [0.25, 0.3) is 0 Å². The highest BCUT2D eigenvalue weighted by Gasteiger charge is 2.19. The zero-order valence-electron chi connectivity index (χ0n) is 15.8. The fourth-order valence-corrected chi connectivity index (χ4v) is 3.24. The number of rotatable bonds is 7. The van der Waals surface area contributed by atoms with Crippen LogP contribution in [0.2, 0.25) is 0 Å². The van der Waals surface area contributed by atoms with Crippen molar-refractivity contribution in [2.24, 2.45) is 5.92 Å². The van der Waals surface area contributed by atoms with Gasteiger partial charge in [-0.15, -0.1) is 10.2 Å². The Balaban J connectivity index is 1.52. The highest BCUT2D eigenvalue weighted by atomic mass is 16.1. The van der Waals surface area contributed by atoms with Crippen molar-refractivity contribution in [3.05, 3.63) is 47.5 Å². The molecule has 1 amide bonds. The van der Waals surface area contributed by atoms with Gasteiger partial charge in [-0.1, -0.05) is 44.2 Å². The van der Waals surface area contributed by atoms with Gasteiger partial charge < -0.3 is 14.8 Å². The first-order valence-corrected chi connectivity index (χ1v) is 9.55. The molecule has 0 saturated carbocycles. The molecule has 0 aliphatic carbocycles. The number of benzene rings is 1. The third-order valence-electron chi connectivity index (χ3n) is 4.87. The minimum Gasteiger partial charge on any atom is -0.349 e. The molecule has 26 heavy (non-hydrogen) atoms. The van der Waals surface area contributed by atoms with E-state index in [1.54, 1.807) is 0 Å². The lowest BCUT2D eigenvalue weighted by Gasteiger charge is -2.20. The van der Waals surface area contributed by atoms with Gasteiger partial charge in [-0.3, -0.25) is 4.79 Å². The summed E-state index contributed by atoms with van der Waals surface area (Å²) in [6.07, 6.45) is 2.54. The molecule has 2 heterocycles. The molecule has 6 heteroatoms. The van der Waals surface area contributed by atoms with Crippen LogP contribution in [-0.2, 0) is 30.7 Å². The molecule has 2 aromatic rings. The standard InChI is InChI=1S/C20H29N5O/c1-16(2)8-10-24-11-9-18-22-23-19(25(18)13-12-24)15-21-20(26)14-17-6-4-3-5-7-17/h3-7,16H,8-15H2,1-2H3,(H,21,26). The number of carbonyl (C=O) groups excluding carboxylic acids is 1. The van der Waals surface area contributed by atoms with Crippen molar-refractivity contribution in [1.82, 2.24) is 25.0 Å². The van der Waals surface area contributed by atoms with E-state index in [-0.39, 0.29) is 5.91 Å².